The standard InChI is InChI=1S/C21H32BN3O5S/c1-16-12-19(29-3)13-17(2)21(16)31(27,28)25-7-5-4-6-18(25)14-30-15-20(26)23-8-10-24(22)11-9-23/h12-13,18H,4-11,14-15H2,1-3H3. The number of carbonyl (C=O) groups is 1. The van der Waals surface area contributed by atoms with Gasteiger partial charge in [-0.1, -0.05) is 6.42 Å². The molecule has 2 aliphatic rings. The number of hydrogen-bond donors (Lipinski definition) is 0. The zero-order chi connectivity index (χ0) is 22.6. The second-order valence-corrected chi connectivity index (χ2v) is 10.1. The smallest absolute Gasteiger partial charge is 0.248 e. The molecule has 31 heavy (non-hydrogen) atoms. The molecule has 2 fully saturated rings. The van der Waals surface area contributed by atoms with E-state index in [0.29, 0.717) is 60.9 Å². The minimum Gasteiger partial charge on any atom is -0.497 e. The van der Waals surface area contributed by atoms with Crippen LogP contribution in [0.4, 0.5) is 0 Å². The van der Waals surface area contributed by atoms with Crippen LogP contribution in [0.5, 0.6) is 5.75 Å². The lowest BCUT2D eigenvalue weighted by Gasteiger charge is -2.36. The third-order valence-electron chi connectivity index (χ3n) is 6.01. The molecule has 1 amide bonds. The van der Waals surface area contributed by atoms with Crippen molar-refractivity contribution in [1.82, 2.24) is 14.0 Å². The zero-order valence-electron chi connectivity index (χ0n) is 18.7. The Kier molecular flexibility index (Phi) is 8.01. The lowest BCUT2D eigenvalue weighted by atomic mass is 10.1. The summed E-state index contributed by atoms with van der Waals surface area (Å²) >= 11 is 0. The van der Waals surface area contributed by atoms with Crippen molar-refractivity contribution in [3.05, 3.63) is 23.3 Å². The summed E-state index contributed by atoms with van der Waals surface area (Å²) < 4.78 is 39.6. The van der Waals surface area contributed by atoms with E-state index in [1.54, 1.807) is 47.1 Å². The number of aryl methyl sites for hydroxylation is 2. The van der Waals surface area contributed by atoms with Gasteiger partial charge in [0.05, 0.1) is 18.6 Å². The summed E-state index contributed by atoms with van der Waals surface area (Å²) in [6.07, 6.45) is 2.47. The average Bonchev–Trinajstić information content (AvgIpc) is 2.73. The van der Waals surface area contributed by atoms with Gasteiger partial charge in [-0.25, -0.2) is 8.42 Å². The van der Waals surface area contributed by atoms with Gasteiger partial charge in [-0.05, 0) is 49.9 Å². The van der Waals surface area contributed by atoms with Crippen LogP contribution in [0.1, 0.15) is 30.4 Å². The Morgan fingerprint density at radius 2 is 1.74 bits per heavy atom. The average molecular weight is 449 g/mol. The van der Waals surface area contributed by atoms with Crippen molar-refractivity contribution in [2.24, 2.45) is 0 Å². The highest BCUT2D eigenvalue weighted by atomic mass is 32.2. The predicted molar refractivity (Wildman–Crippen MR) is 119 cm³/mol. The second-order valence-electron chi connectivity index (χ2n) is 8.29. The highest BCUT2D eigenvalue weighted by molar-refractivity contribution is 7.89. The molecule has 170 valence electrons. The maximum atomic E-state index is 13.6. The van der Waals surface area contributed by atoms with Gasteiger partial charge in [-0.3, -0.25) is 4.79 Å². The van der Waals surface area contributed by atoms with Crippen molar-refractivity contribution in [3.63, 3.8) is 0 Å². The first-order chi connectivity index (χ1) is 14.7. The summed E-state index contributed by atoms with van der Waals surface area (Å²) in [5, 5.41) is 0. The first-order valence-corrected chi connectivity index (χ1v) is 12.2. The Hall–Kier alpha value is -1.62. The molecule has 0 aliphatic carbocycles. The Bertz CT molecular complexity index is 864. The number of sulfonamides is 1. The minimum atomic E-state index is -3.69. The molecule has 1 aromatic rings. The van der Waals surface area contributed by atoms with E-state index in [0.717, 1.165) is 12.8 Å². The summed E-state index contributed by atoms with van der Waals surface area (Å²) in [5.41, 5.74) is 1.33. The van der Waals surface area contributed by atoms with E-state index in [2.05, 4.69) is 0 Å². The van der Waals surface area contributed by atoms with Crippen LogP contribution in [0.3, 0.4) is 0 Å². The Morgan fingerprint density at radius 1 is 1.10 bits per heavy atom. The molecule has 2 radical (unpaired) electrons. The van der Waals surface area contributed by atoms with E-state index < -0.39 is 10.0 Å². The number of ether oxygens (including phenoxy) is 2. The number of piperazine rings is 1. The molecule has 2 heterocycles. The quantitative estimate of drug-likeness (QED) is 0.581. The first kappa shape index (κ1) is 24.0. The normalized spacial score (nSPS) is 21.3. The van der Waals surface area contributed by atoms with Gasteiger partial charge in [0.25, 0.3) is 0 Å². The summed E-state index contributed by atoms with van der Waals surface area (Å²) in [4.78, 5) is 16.2. The lowest BCUT2D eigenvalue weighted by Crippen LogP contribution is -2.49. The van der Waals surface area contributed by atoms with Gasteiger partial charge in [-0.15, -0.1) is 0 Å². The third-order valence-corrected chi connectivity index (χ3v) is 8.27. The van der Waals surface area contributed by atoms with E-state index in [4.69, 9.17) is 17.5 Å². The van der Waals surface area contributed by atoms with E-state index >= 15 is 0 Å². The highest BCUT2D eigenvalue weighted by Gasteiger charge is 2.35. The van der Waals surface area contributed by atoms with Gasteiger partial charge in [0.1, 0.15) is 12.4 Å². The molecular formula is C21H32BN3O5S. The molecule has 0 N–H and O–H groups in total. The molecule has 0 spiro atoms. The van der Waals surface area contributed by atoms with Crippen molar-refractivity contribution in [1.29, 1.82) is 0 Å². The van der Waals surface area contributed by atoms with Crippen molar-refractivity contribution in [2.45, 2.75) is 44.0 Å². The van der Waals surface area contributed by atoms with Crippen LogP contribution in [0, 0.1) is 13.8 Å². The molecule has 2 saturated heterocycles. The van der Waals surface area contributed by atoms with E-state index in [1.165, 1.54) is 0 Å². The second kappa shape index (κ2) is 10.3. The van der Waals surface area contributed by atoms with Crippen LogP contribution < -0.4 is 4.74 Å². The van der Waals surface area contributed by atoms with Crippen LogP contribution in [0.25, 0.3) is 0 Å². The van der Waals surface area contributed by atoms with Crippen molar-refractivity contribution in [3.8, 4) is 5.75 Å². The third kappa shape index (κ3) is 5.60. The number of hydrogen-bond acceptors (Lipinski definition) is 6. The number of nitrogens with zero attached hydrogens (tertiary/aromatic N) is 3. The van der Waals surface area contributed by atoms with Crippen molar-refractivity contribution >= 4 is 23.9 Å². The number of piperidine rings is 1. The maximum absolute atomic E-state index is 13.6. The van der Waals surface area contributed by atoms with Crippen LogP contribution in [0.2, 0.25) is 0 Å². The lowest BCUT2D eigenvalue weighted by molar-refractivity contribution is -0.137. The number of amides is 1. The van der Waals surface area contributed by atoms with Crippen LogP contribution in [-0.4, -0.2) is 95.4 Å². The van der Waals surface area contributed by atoms with Gasteiger partial charge < -0.3 is 19.2 Å². The molecule has 1 aromatic carbocycles. The van der Waals surface area contributed by atoms with Gasteiger partial charge in [0.2, 0.25) is 15.9 Å². The van der Waals surface area contributed by atoms with Crippen molar-refractivity contribution in [2.75, 3.05) is 53.0 Å². The van der Waals surface area contributed by atoms with Crippen molar-refractivity contribution < 1.29 is 22.7 Å². The van der Waals surface area contributed by atoms with Gasteiger partial charge in [0, 0.05) is 38.8 Å². The summed E-state index contributed by atoms with van der Waals surface area (Å²) in [5.74, 6) is 0.557. The van der Waals surface area contributed by atoms with E-state index in [9.17, 15) is 13.2 Å². The molecule has 1 atom stereocenters. The predicted octanol–water partition coefficient (Wildman–Crippen LogP) is 1.10. The maximum Gasteiger partial charge on any atom is 0.248 e. The number of carbonyl (C=O) groups excluding carboxylic acids is 1. The molecule has 10 heteroatoms. The fourth-order valence-corrected chi connectivity index (χ4v) is 6.45. The summed E-state index contributed by atoms with van der Waals surface area (Å²) in [6.45, 7) is 6.63. The topological polar surface area (TPSA) is 79.4 Å². The Morgan fingerprint density at radius 3 is 2.35 bits per heavy atom. The molecule has 0 bridgehead atoms. The largest absolute Gasteiger partial charge is 0.497 e. The molecule has 2 aliphatic heterocycles. The van der Waals surface area contributed by atoms with Gasteiger partial charge >= 0.3 is 0 Å². The molecule has 8 nitrogen and oxygen atoms in total. The summed E-state index contributed by atoms with van der Waals surface area (Å²) in [7, 11) is 3.61. The molecular weight excluding hydrogens is 417 g/mol. The fraction of sp³-hybridized carbons (Fsp3) is 0.667. The highest BCUT2D eigenvalue weighted by Crippen LogP contribution is 2.31. The molecule has 1 unspecified atom stereocenters. The molecule has 3 rings (SSSR count). The van der Waals surface area contributed by atoms with Crippen LogP contribution in [0.15, 0.2) is 17.0 Å². The Balaban J connectivity index is 1.67. The van der Waals surface area contributed by atoms with Gasteiger partial charge in [-0.2, -0.15) is 4.31 Å². The monoisotopic (exact) mass is 449 g/mol. The van der Waals surface area contributed by atoms with Crippen LogP contribution in [-0.2, 0) is 19.6 Å². The first-order valence-electron chi connectivity index (χ1n) is 10.8. The van der Waals surface area contributed by atoms with Gasteiger partial charge in [0.15, 0.2) is 7.98 Å². The van der Waals surface area contributed by atoms with E-state index in [-0.39, 0.29) is 25.2 Å². The molecule has 0 aromatic heterocycles. The zero-order valence-corrected chi connectivity index (χ0v) is 19.5. The SMILES string of the molecule is [B]N1CCN(C(=O)COCC2CCCCN2S(=O)(=O)c2c(C)cc(OC)cc2C)CC1. The Labute approximate surface area is 186 Å². The number of benzene rings is 1. The van der Waals surface area contributed by atoms with E-state index in [1.807, 2.05) is 0 Å². The fourth-order valence-electron chi connectivity index (χ4n) is 4.35. The summed E-state index contributed by atoms with van der Waals surface area (Å²) in [6, 6.07) is 3.21. The molecule has 0 saturated carbocycles. The number of methoxy groups -OCH3 is 1. The van der Waals surface area contributed by atoms with Crippen LogP contribution >= 0.6 is 0 Å². The number of rotatable bonds is 7. The minimum absolute atomic E-state index is 0.0461.